The molecule has 0 aromatic heterocycles. The lowest BCUT2D eigenvalue weighted by molar-refractivity contribution is 0.828. The summed E-state index contributed by atoms with van der Waals surface area (Å²) in [4.78, 5) is 0. The van der Waals surface area contributed by atoms with Crippen LogP contribution in [0.2, 0.25) is 0 Å². The molecule has 0 heterocycles. The Morgan fingerprint density at radius 2 is 2.14 bits per heavy atom. The maximum absolute atomic E-state index is 4.96. The van der Waals surface area contributed by atoms with Crippen molar-refractivity contribution < 1.29 is 0 Å². The molecule has 0 bridgehead atoms. The van der Waals surface area contributed by atoms with Gasteiger partial charge in [0.1, 0.15) is 0 Å². The highest BCUT2D eigenvalue weighted by atomic mass is 13.8. The Labute approximate surface area is 46.9 Å². The average Bonchev–Trinajstić information content (AvgIpc) is 1.61. The van der Waals surface area contributed by atoms with Gasteiger partial charge in [-0.05, 0) is 6.42 Å². The highest BCUT2D eigenvalue weighted by Gasteiger charge is 1.71. The molecule has 0 atom stereocenters. The van der Waals surface area contributed by atoms with Gasteiger partial charge in [0.25, 0.3) is 0 Å². The van der Waals surface area contributed by atoms with Crippen molar-refractivity contribution in [3.63, 3.8) is 0 Å². The Hall–Kier alpha value is -0.440. The van der Waals surface area contributed by atoms with Gasteiger partial charge in [-0.3, -0.25) is 0 Å². The smallest absolute Gasteiger partial charge is 0.00859 e. The molecule has 0 aromatic rings. The minimum Gasteiger partial charge on any atom is -0.120 e. The van der Waals surface area contributed by atoms with Crippen LogP contribution in [-0.4, -0.2) is 0 Å². The standard InChI is InChI=1S/C6H10.C/c1-3-5-6-4-2;/h1H,4-6H2,2H3;. The van der Waals surface area contributed by atoms with Gasteiger partial charge in [0.05, 0.1) is 0 Å². The highest BCUT2D eigenvalue weighted by Crippen LogP contribution is 1.88. The molecule has 0 amide bonds. The molecule has 0 aliphatic carbocycles. The monoisotopic (exact) mass is 94.1 g/mol. The lowest BCUT2D eigenvalue weighted by Crippen LogP contribution is -1.62. The second-order valence-corrected chi connectivity index (χ2v) is 1.31. The first-order valence-corrected chi connectivity index (χ1v) is 2.35. The van der Waals surface area contributed by atoms with Crippen LogP contribution in [0.25, 0.3) is 0 Å². The molecule has 0 spiro atoms. The number of rotatable bonds is 2. The third-order valence-corrected chi connectivity index (χ3v) is 0.675. The molecule has 4 radical (unpaired) electrons. The third-order valence-electron chi connectivity index (χ3n) is 0.675. The van der Waals surface area contributed by atoms with Gasteiger partial charge in [-0.1, -0.05) is 13.3 Å². The van der Waals surface area contributed by atoms with E-state index >= 15 is 0 Å². The minimum atomic E-state index is 0. The molecule has 0 unspecified atom stereocenters. The summed E-state index contributed by atoms with van der Waals surface area (Å²) in [7, 11) is 0. The molecule has 0 rings (SSSR count). The van der Waals surface area contributed by atoms with Crippen molar-refractivity contribution >= 4 is 0 Å². The Bertz CT molecular complexity index is 47.5. The summed E-state index contributed by atoms with van der Waals surface area (Å²) in [5.41, 5.74) is 0. The number of unbranched alkanes of at least 4 members (excludes halogenated alkanes) is 2. The van der Waals surface area contributed by atoms with Gasteiger partial charge in [-0.2, -0.15) is 0 Å². The van der Waals surface area contributed by atoms with Crippen molar-refractivity contribution in [1.29, 1.82) is 0 Å². The van der Waals surface area contributed by atoms with Gasteiger partial charge in [0, 0.05) is 13.8 Å². The van der Waals surface area contributed by atoms with E-state index in [1.807, 2.05) is 0 Å². The Balaban J connectivity index is 0. The van der Waals surface area contributed by atoms with Crippen LogP contribution in [0.4, 0.5) is 0 Å². The zero-order valence-corrected chi connectivity index (χ0v) is 4.70. The van der Waals surface area contributed by atoms with Gasteiger partial charge >= 0.3 is 0 Å². The summed E-state index contributed by atoms with van der Waals surface area (Å²) in [6.45, 7) is 2.14. The molecule has 0 aliphatic rings. The zero-order chi connectivity index (χ0) is 4.83. The highest BCUT2D eigenvalue weighted by molar-refractivity contribution is 4.82. The van der Waals surface area contributed by atoms with Crippen LogP contribution in [0.1, 0.15) is 26.2 Å². The van der Waals surface area contributed by atoms with Crippen molar-refractivity contribution in [3.8, 4) is 12.3 Å². The number of hydrogen-bond donors (Lipinski definition) is 0. The van der Waals surface area contributed by atoms with Crippen LogP contribution in [0.15, 0.2) is 0 Å². The fourth-order valence-electron chi connectivity index (χ4n) is 0.279. The summed E-state index contributed by atoms with van der Waals surface area (Å²) in [5.74, 6) is 2.57. The largest absolute Gasteiger partial charge is 0.120 e. The van der Waals surface area contributed by atoms with Gasteiger partial charge < -0.3 is 0 Å². The van der Waals surface area contributed by atoms with Crippen LogP contribution in [0.5, 0.6) is 0 Å². The van der Waals surface area contributed by atoms with Crippen molar-refractivity contribution in [2.45, 2.75) is 26.2 Å². The lowest BCUT2D eigenvalue weighted by Gasteiger charge is -1.79. The summed E-state index contributed by atoms with van der Waals surface area (Å²) in [6.07, 6.45) is 8.30. The number of terminal acetylenes is 1. The van der Waals surface area contributed by atoms with Gasteiger partial charge in [0.2, 0.25) is 0 Å². The van der Waals surface area contributed by atoms with Gasteiger partial charge in [-0.25, -0.2) is 0 Å². The molecule has 0 aliphatic heterocycles. The summed E-state index contributed by atoms with van der Waals surface area (Å²) >= 11 is 0. The van der Waals surface area contributed by atoms with Gasteiger partial charge in [-0.15, -0.1) is 12.3 Å². The summed E-state index contributed by atoms with van der Waals surface area (Å²) < 4.78 is 0. The fraction of sp³-hybridized carbons (Fsp3) is 0.571. The molecule has 0 saturated heterocycles. The lowest BCUT2D eigenvalue weighted by atomic mass is 10.3. The molecule has 0 saturated carbocycles. The van der Waals surface area contributed by atoms with Crippen molar-refractivity contribution in [2.24, 2.45) is 0 Å². The second kappa shape index (κ2) is 9.12. The van der Waals surface area contributed by atoms with Crippen molar-refractivity contribution in [1.82, 2.24) is 0 Å². The van der Waals surface area contributed by atoms with E-state index in [0.717, 1.165) is 6.42 Å². The summed E-state index contributed by atoms with van der Waals surface area (Å²) in [6, 6.07) is 0. The molecular formula is C7H10. The predicted molar refractivity (Wildman–Crippen MR) is 31.6 cm³/mol. The first-order chi connectivity index (χ1) is 2.91. The van der Waals surface area contributed by atoms with E-state index in [2.05, 4.69) is 12.8 Å². The first-order valence-electron chi connectivity index (χ1n) is 2.35. The molecule has 7 heavy (non-hydrogen) atoms. The van der Waals surface area contributed by atoms with E-state index in [-0.39, 0.29) is 7.43 Å². The molecular weight excluding hydrogens is 84.1 g/mol. The Morgan fingerprint density at radius 3 is 2.29 bits per heavy atom. The molecule has 0 N–H and O–H groups in total. The minimum absolute atomic E-state index is 0. The normalized spacial score (nSPS) is 6.29. The van der Waals surface area contributed by atoms with Crippen LogP contribution in [0.3, 0.4) is 0 Å². The van der Waals surface area contributed by atoms with Crippen LogP contribution in [0, 0.1) is 19.8 Å². The molecule has 38 valence electrons. The van der Waals surface area contributed by atoms with Crippen molar-refractivity contribution in [2.75, 3.05) is 0 Å². The summed E-state index contributed by atoms with van der Waals surface area (Å²) in [5, 5.41) is 0. The van der Waals surface area contributed by atoms with E-state index in [4.69, 9.17) is 6.42 Å². The fourth-order valence-corrected chi connectivity index (χ4v) is 0.279. The molecule has 0 fully saturated rings. The third kappa shape index (κ3) is 10.8. The molecule has 0 heteroatoms. The zero-order valence-electron chi connectivity index (χ0n) is 4.70. The van der Waals surface area contributed by atoms with E-state index < -0.39 is 0 Å². The molecule has 0 aromatic carbocycles. The van der Waals surface area contributed by atoms with E-state index in [1.54, 1.807) is 0 Å². The van der Waals surface area contributed by atoms with E-state index in [0.29, 0.717) is 0 Å². The number of hydrogen-bond acceptors (Lipinski definition) is 0. The van der Waals surface area contributed by atoms with Crippen LogP contribution < -0.4 is 0 Å². The molecule has 0 nitrogen and oxygen atoms in total. The SMILES string of the molecule is C#CCCCC.[C]. The second-order valence-electron chi connectivity index (χ2n) is 1.31. The van der Waals surface area contributed by atoms with E-state index in [9.17, 15) is 0 Å². The average molecular weight is 94.2 g/mol. The van der Waals surface area contributed by atoms with Crippen LogP contribution >= 0.6 is 0 Å². The van der Waals surface area contributed by atoms with Crippen LogP contribution in [-0.2, 0) is 0 Å². The quantitative estimate of drug-likeness (QED) is 0.362. The predicted octanol–water partition coefficient (Wildman–Crippen LogP) is 1.89. The first kappa shape index (κ1) is 9.75. The maximum Gasteiger partial charge on any atom is 0.00859 e. The Morgan fingerprint density at radius 1 is 1.57 bits per heavy atom. The topological polar surface area (TPSA) is 0 Å². The van der Waals surface area contributed by atoms with Crippen molar-refractivity contribution in [3.05, 3.63) is 7.43 Å². The van der Waals surface area contributed by atoms with E-state index in [1.165, 1.54) is 12.8 Å². The maximum atomic E-state index is 4.96. The van der Waals surface area contributed by atoms with Gasteiger partial charge in [0.15, 0.2) is 0 Å². The Kier molecular flexibility index (Phi) is 12.7.